The molecule has 1 N–H and O–H groups in total. The van der Waals surface area contributed by atoms with Crippen molar-refractivity contribution < 1.29 is 18.7 Å². The van der Waals surface area contributed by atoms with Gasteiger partial charge in [-0.15, -0.1) is 0 Å². The lowest BCUT2D eigenvalue weighted by Crippen LogP contribution is -2.22. The highest BCUT2D eigenvalue weighted by Crippen LogP contribution is 2.26. The van der Waals surface area contributed by atoms with Crippen LogP contribution in [0, 0.1) is 5.82 Å². The van der Waals surface area contributed by atoms with Gasteiger partial charge in [-0.05, 0) is 36.1 Å². The van der Waals surface area contributed by atoms with Crippen molar-refractivity contribution in [2.45, 2.75) is 32.6 Å². The van der Waals surface area contributed by atoms with E-state index in [4.69, 9.17) is 16.3 Å². The second kappa shape index (κ2) is 9.34. The molecule has 26 heavy (non-hydrogen) atoms. The van der Waals surface area contributed by atoms with Gasteiger partial charge in [0.05, 0.1) is 6.42 Å². The Bertz CT molecular complexity index is 774. The third-order valence-corrected chi connectivity index (χ3v) is 4.48. The van der Waals surface area contributed by atoms with E-state index in [2.05, 4.69) is 19.2 Å². The molecule has 2 rings (SSSR count). The van der Waals surface area contributed by atoms with Crippen LogP contribution in [-0.4, -0.2) is 18.5 Å². The Morgan fingerprint density at radius 3 is 2.62 bits per heavy atom. The molecule has 0 unspecified atom stereocenters. The summed E-state index contributed by atoms with van der Waals surface area (Å²) in [7, 11) is 0. The van der Waals surface area contributed by atoms with Crippen LogP contribution < -0.4 is 5.32 Å². The van der Waals surface area contributed by atoms with Crippen LogP contribution >= 0.6 is 11.6 Å². The van der Waals surface area contributed by atoms with Gasteiger partial charge in [0.1, 0.15) is 5.82 Å². The predicted molar refractivity (Wildman–Crippen MR) is 99.9 cm³/mol. The highest BCUT2D eigenvalue weighted by Gasteiger charge is 2.15. The van der Waals surface area contributed by atoms with Gasteiger partial charge in [0.15, 0.2) is 6.61 Å². The van der Waals surface area contributed by atoms with Crippen molar-refractivity contribution in [2.24, 2.45) is 0 Å². The second-order valence-corrected chi connectivity index (χ2v) is 6.39. The van der Waals surface area contributed by atoms with Crippen LogP contribution in [0.3, 0.4) is 0 Å². The van der Waals surface area contributed by atoms with Crippen molar-refractivity contribution in [2.75, 3.05) is 11.9 Å². The molecule has 1 amide bonds. The van der Waals surface area contributed by atoms with E-state index < -0.39 is 24.3 Å². The smallest absolute Gasteiger partial charge is 0.310 e. The largest absolute Gasteiger partial charge is 0.455 e. The summed E-state index contributed by atoms with van der Waals surface area (Å²) < 4.78 is 18.6. The fraction of sp³-hybridized carbons (Fsp3) is 0.300. The Balaban J connectivity index is 1.92. The number of carbonyl (C=O) groups is 2. The third kappa shape index (κ3) is 5.30. The van der Waals surface area contributed by atoms with E-state index >= 15 is 0 Å². The van der Waals surface area contributed by atoms with Gasteiger partial charge in [-0.3, -0.25) is 9.59 Å². The number of rotatable bonds is 7. The summed E-state index contributed by atoms with van der Waals surface area (Å²) in [6.45, 7) is 3.70. The molecular formula is C20H21ClFNO3. The zero-order valence-electron chi connectivity index (χ0n) is 14.7. The molecule has 0 heterocycles. The molecule has 4 nitrogen and oxygen atoms in total. The highest BCUT2D eigenvalue weighted by molar-refractivity contribution is 6.31. The number of anilines is 1. The Hall–Kier alpha value is -2.40. The highest BCUT2D eigenvalue weighted by atomic mass is 35.5. The monoisotopic (exact) mass is 377 g/mol. The molecular weight excluding hydrogens is 357 g/mol. The van der Waals surface area contributed by atoms with E-state index in [1.807, 2.05) is 18.2 Å². The lowest BCUT2D eigenvalue weighted by molar-refractivity contribution is -0.146. The zero-order valence-corrected chi connectivity index (χ0v) is 15.5. The number of ether oxygens (including phenoxy) is 1. The van der Waals surface area contributed by atoms with Crippen molar-refractivity contribution in [1.82, 2.24) is 0 Å². The van der Waals surface area contributed by atoms with Crippen LogP contribution in [0.2, 0.25) is 5.02 Å². The molecule has 0 fully saturated rings. The van der Waals surface area contributed by atoms with Crippen LogP contribution in [0.25, 0.3) is 0 Å². The quantitative estimate of drug-likeness (QED) is 0.710. The number of hydrogen-bond donors (Lipinski definition) is 1. The summed E-state index contributed by atoms with van der Waals surface area (Å²) in [5, 5.41) is 2.90. The first-order chi connectivity index (χ1) is 12.4. The zero-order chi connectivity index (χ0) is 19.1. The van der Waals surface area contributed by atoms with E-state index in [0.29, 0.717) is 5.69 Å². The number of benzene rings is 2. The number of carbonyl (C=O) groups excluding carboxylic acids is 2. The molecule has 2 aromatic carbocycles. The topological polar surface area (TPSA) is 55.4 Å². The van der Waals surface area contributed by atoms with Crippen LogP contribution in [0.1, 0.15) is 37.3 Å². The molecule has 0 aliphatic carbocycles. The number of hydrogen-bond acceptors (Lipinski definition) is 3. The van der Waals surface area contributed by atoms with Gasteiger partial charge in [-0.1, -0.05) is 49.7 Å². The summed E-state index contributed by atoms with van der Waals surface area (Å²) in [6.07, 6.45) is 0.605. The van der Waals surface area contributed by atoms with E-state index in [1.165, 1.54) is 18.2 Å². The second-order valence-electron chi connectivity index (χ2n) is 5.98. The molecule has 1 atom stereocenters. The van der Waals surface area contributed by atoms with Crippen molar-refractivity contribution >= 4 is 29.2 Å². The Labute approximate surface area is 157 Å². The molecule has 0 radical (unpaired) electrons. The summed E-state index contributed by atoms with van der Waals surface area (Å²) in [5.41, 5.74) is 1.77. The van der Waals surface area contributed by atoms with Crippen molar-refractivity contribution in [3.63, 3.8) is 0 Å². The van der Waals surface area contributed by atoms with Crippen LogP contribution in [0.5, 0.6) is 0 Å². The first-order valence-corrected chi connectivity index (χ1v) is 8.77. The van der Waals surface area contributed by atoms with Crippen LogP contribution in [0.4, 0.5) is 10.1 Å². The fourth-order valence-corrected chi connectivity index (χ4v) is 2.72. The molecule has 138 valence electrons. The predicted octanol–water partition coefficient (Wildman–Crippen LogP) is 4.72. The maximum absolute atomic E-state index is 13.7. The SMILES string of the molecule is CC[C@@H](C)c1ccccc1NC(=O)COC(=O)Cc1c(F)cccc1Cl. The molecule has 0 bridgehead atoms. The fourth-order valence-electron chi connectivity index (χ4n) is 2.49. The number of esters is 1. The molecule has 0 aromatic heterocycles. The Morgan fingerprint density at radius 2 is 1.92 bits per heavy atom. The molecule has 6 heteroatoms. The van der Waals surface area contributed by atoms with Gasteiger partial charge in [0, 0.05) is 16.3 Å². The Kier molecular flexibility index (Phi) is 7.16. The lowest BCUT2D eigenvalue weighted by atomic mass is 9.97. The maximum atomic E-state index is 13.7. The molecule has 0 saturated carbocycles. The first-order valence-electron chi connectivity index (χ1n) is 8.39. The van der Waals surface area contributed by atoms with Gasteiger partial charge in [-0.25, -0.2) is 4.39 Å². The van der Waals surface area contributed by atoms with E-state index in [1.54, 1.807) is 6.07 Å². The Morgan fingerprint density at radius 1 is 1.19 bits per heavy atom. The van der Waals surface area contributed by atoms with Gasteiger partial charge in [0.25, 0.3) is 5.91 Å². The third-order valence-electron chi connectivity index (χ3n) is 4.13. The minimum atomic E-state index is -0.720. The summed E-state index contributed by atoms with van der Waals surface area (Å²) in [6, 6.07) is 11.7. The average molecular weight is 378 g/mol. The van der Waals surface area contributed by atoms with Crippen molar-refractivity contribution in [1.29, 1.82) is 0 Å². The molecule has 0 aliphatic heterocycles. The van der Waals surface area contributed by atoms with E-state index in [0.717, 1.165) is 12.0 Å². The summed E-state index contributed by atoms with van der Waals surface area (Å²) in [4.78, 5) is 23.9. The lowest BCUT2D eigenvalue weighted by Gasteiger charge is -2.15. The minimum Gasteiger partial charge on any atom is -0.455 e. The summed E-state index contributed by atoms with van der Waals surface area (Å²) >= 11 is 5.88. The number of para-hydroxylation sites is 1. The van der Waals surface area contributed by atoms with Crippen molar-refractivity contribution in [3.8, 4) is 0 Å². The number of nitrogens with one attached hydrogen (secondary N) is 1. The van der Waals surface area contributed by atoms with Gasteiger partial charge >= 0.3 is 5.97 Å². The number of halogens is 2. The minimum absolute atomic E-state index is 0.0571. The molecule has 0 spiro atoms. The standard InChI is InChI=1S/C20H21ClFNO3/c1-3-13(2)14-7-4-5-10-18(14)23-19(24)12-26-20(25)11-15-16(21)8-6-9-17(15)22/h4-10,13H,3,11-12H2,1-2H3,(H,23,24)/t13-/m1/s1. The van der Waals surface area contributed by atoms with Crippen LogP contribution in [-0.2, 0) is 20.7 Å². The normalized spacial score (nSPS) is 11.7. The van der Waals surface area contributed by atoms with Gasteiger partial charge in [0.2, 0.25) is 0 Å². The van der Waals surface area contributed by atoms with E-state index in [9.17, 15) is 14.0 Å². The maximum Gasteiger partial charge on any atom is 0.310 e. The van der Waals surface area contributed by atoms with E-state index in [-0.39, 0.29) is 22.9 Å². The first kappa shape index (κ1) is 19.9. The van der Waals surface area contributed by atoms with Crippen molar-refractivity contribution in [3.05, 3.63) is 64.4 Å². The number of amides is 1. The molecule has 2 aromatic rings. The van der Waals surface area contributed by atoms with Gasteiger partial charge < -0.3 is 10.1 Å². The molecule has 0 saturated heterocycles. The van der Waals surface area contributed by atoms with Gasteiger partial charge in [-0.2, -0.15) is 0 Å². The summed E-state index contributed by atoms with van der Waals surface area (Å²) in [5.74, 6) is -1.46. The molecule has 0 aliphatic rings. The average Bonchev–Trinajstić information content (AvgIpc) is 2.63. The van der Waals surface area contributed by atoms with Crippen LogP contribution in [0.15, 0.2) is 42.5 Å².